The number of piperidine rings is 1. The highest BCUT2D eigenvalue weighted by molar-refractivity contribution is 6.07. The molecule has 0 aliphatic carbocycles. The maximum absolute atomic E-state index is 13.0. The molecule has 2 amide bonds. The van der Waals surface area contributed by atoms with Crippen molar-refractivity contribution in [3.8, 4) is 11.5 Å². The van der Waals surface area contributed by atoms with E-state index in [1.165, 1.54) is 0 Å². The van der Waals surface area contributed by atoms with Gasteiger partial charge in [0.15, 0.2) is 5.76 Å². The van der Waals surface area contributed by atoms with Gasteiger partial charge in [-0.25, -0.2) is 4.98 Å². The Morgan fingerprint density at radius 2 is 2.07 bits per heavy atom. The second-order valence-corrected chi connectivity index (χ2v) is 6.73. The van der Waals surface area contributed by atoms with E-state index in [2.05, 4.69) is 15.5 Å². The number of nitrogens with zero attached hydrogens (tertiary/aromatic N) is 3. The highest BCUT2D eigenvalue weighted by Gasteiger charge is 2.25. The summed E-state index contributed by atoms with van der Waals surface area (Å²) in [5.74, 6) is 0.413. The Morgan fingerprint density at radius 3 is 2.74 bits per heavy atom. The minimum absolute atomic E-state index is 0.0172. The normalized spacial score (nSPS) is 15.3. The molecule has 0 unspecified atom stereocenters. The van der Waals surface area contributed by atoms with E-state index in [4.69, 9.17) is 8.94 Å². The molecule has 0 aromatic carbocycles. The van der Waals surface area contributed by atoms with E-state index >= 15 is 0 Å². The fourth-order valence-corrected chi connectivity index (χ4v) is 3.43. The summed E-state index contributed by atoms with van der Waals surface area (Å²) in [5.41, 5.74) is 1.89. The zero-order valence-corrected chi connectivity index (χ0v) is 15.2. The Morgan fingerprint density at radius 1 is 1.30 bits per heavy atom. The quantitative estimate of drug-likeness (QED) is 0.762. The summed E-state index contributed by atoms with van der Waals surface area (Å²) in [7, 11) is 0. The van der Waals surface area contributed by atoms with Gasteiger partial charge in [0.25, 0.3) is 11.6 Å². The number of carbonyl (C=O) groups is 2. The highest BCUT2D eigenvalue weighted by atomic mass is 16.5. The van der Waals surface area contributed by atoms with Crippen LogP contribution in [0.1, 0.15) is 35.8 Å². The van der Waals surface area contributed by atoms with Gasteiger partial charge in [0.2, 0.25) is 5.91 Å². The van der Waals surface area contributed by atoms with Gasteiger partial charge in [-0.05, 0) is 38.0 Å². The number of rotatable bonds is 3. The summed E-state index contributed by atoms with van der Waals surface area (Å²) in [6.45, 7) is 4.64. The molecule has 8 nitrogen and oxygen atoms in total. The van der Waals surface area contributed by atoms with Crippen molar-refractivity contribution in [2.75, 3.05) is 13.1 Å². The number of pyridine rings is 1. The van der Waals surface area contributed by atoms with E-state index in [0.717, 1.165) is 12.8 Å². The molecule has 4 rings (SSSR count). The van der Waals surface area contributed by atoms with Gasteiger partial charge >= 0.3 is 0 Å². The molecule has 8 heteroatoms. The second-order valence-electron chi connectivity index (χ2n) is 6.73. The minimum Gasteiger partial charge on any atom is -0.463 e. The monoisotopic (exact) mass is 368 g/mol. The highest BCUT2D eigenvalue weighted by Crippen LogP contribution is 2.27. The van der Waals surface area contributed by atoms with Crippen molar-refractivity contribution < 1.29 is 18.5 Å². The molecule has 0 saturated carbocycles. The first kappa shape index (κ1) is 17.3. The predicted molar refractivity (Wildman–Crippen MR) is 97.0 cm³/mol. The summed E-state index contributed by atoms with van der Waals surface area (Å²) >= 11 is 0. The zero-order valence-electron chi connectivity index (χ0n) is 15.2. The molecular weight excluding hydrogens is 348 g/mol. The molecular formula is C19H20N4O4. The van der Waals surface area contributed by atoms with Crippen molar-refractivity contribution >= 4 is 22.9 Å². The van der Waals surface area contributed by atoms with E-state index in [0.29, 0.717) is 46.9 Å². The maximum Gasteiger partial charge on any atom is 0.259 e. The summed E-state index contributed by atoms with van der Waals surface area (Å²) in [4.78, 5) is 30.7. The number of hydrogen-bond donors (Lipinski definition) is 1. The van der Waals surface area contributed by atoms with Crippen LogP contribution >= 0.6 is 0 Å². The minimum atomic E-state index is -0.206. The van der Waals surface area contributed by atoms with Crippen LogP contribution in [-0.2, 0) is 4.79 Å². The van der Waals surface area contributed by atoms with Crippen molar-refractivity contribution in [1.82, 2.24) is 20.4 Å². The third kappa shape index (κ3) is 3.30. The van der Waals surface area contributed by atoms with Crippen molar-refractivity contribution in [3.63, 3.8) is 0 Å². The topological polar surface area (TPSA) is 101 Å². The lowest BCUT2D eigenvalue weighted by molar-refractivity contribution is -0.129. The maximum atomic E-state index is 13.0. The van der Waals surface area contributed by atoms with E-state index in [9.17, 15) is 9.59 Å². The van der Waals surface area contributed by atoms with Crippen molar-refractivity contribution in [1.29, 1.82) is 0 Å². The Hall–Kier alpha value is -3.16. The van der Waals surface area contributed by atoms with Crippen LogP contribution in [0, 0.1) is 6.92 Å². The second kappa shape index (κ2) is 6.86. The van der Waals surface area contributed by atoms with Crippen molar-refractivity contribution in [2.24, 2.45) is 0 Å². The first-order valence-electron chi connectivity index (χ1n) is 8.90. The number of amides is 2. The number of furan rings is 1. The van der Waals surface area contributed by atoms with Crippen LogP contribution in [0.4, 0.5) is 0 Å². The van der Waals surface area contributed by atoms with E-state index in [1.54, 1.807) is 43.2 Å². The summed E-state index contributed by atoms with van der Waals surface area (Å²) < 4.78 is 10.7. The third-order valence-corrected chi connectivity index (χ3v) is 4.91. The van der Waals surface area contributed by atoms with Gasteiger partial charge in [0, 0.05) is 26.1 Å². The number of fused-ring (bicyclic) bond motifs is 1. The number of aryl methyl sites for hydroxylation is 1. The molecule has 1 aliphatic heterocycles. The van der Waals surface area contributed by atoms with Gasteiger partial charge in [0.1, 0.15) is 5.69 Å². The number of aromatic nitrogens is 2. The van der Waals surface area contributed by atoms with Gasteiger partial charge in [-0.1, -0.05) is 5.16 Å². The smallest absolute Gasteiger partial charge is 0.259 e. The molecule has 0 atom stereocenters. The van der Waals surface area contributed by atoms with Crippen LogP contribution in [0.5, 0.6) is 0 Å². The average Bonchev–Trinajstić information content (AvgIpc) is 3.32. The molecule has 1 saturated heterocycles. The molecule has 4 heterocycles. The van der Waals surface area contributed by atoms with Crippen LogP contribution in [0.25, 0.3) is 22.6 Å². The summed E-state index contributed by atoms with van der Waals surface area (Å²) in [6, 6.07) is 5.25. The van der Waals surface area contributed by atoms with E-state index in [1.807, 2.05) is 0 Å². The summed E-state index contributed by atoms with van der Waals surface area (Å²) in [5, 5.41) is 7.62. The third-order valence-electron chi connectivity index (χ3n) is 4.91. The number of carbonyl (C=O) groups excluding carboxylic acids is 2. The lowest BCUT2D eigenvalue weighted by atomic mass is 10.0. The molecule has 1 fully saturated rings. The molecule has 0 radical (unpaired) electrons. The first-order chi connectivity index (χ1) is 13.0. The van der Waals surface area contributed by atoms with Gasteiger partial charge in [-0.3, -0.25) is 9.59 Å². The molecule has 0 bridgehead atoms. The molecule has 1 aliphatic rings. The van der Waals surface area contributed by atoms with Gasteiger partial charge in [-0.2, -0.15) is 0 Å². The fourth-order valence-electron chi connectivity index (χ4n) is 3.43. The summed E-state index contributed by atoms with van der Waals surface area (Å²) in [6.07, 6.45) is 3.01. The first-order valence-corrected chi connectivity index (χ1v) is 8.90. The largest absolute Gasteiger partial charge is 0.463 e. The standard InChI is InChI=1S/C19H20N4O4/c1-11-17-14(18(25)20-13-5-7-23(8-6-13)12(2)24)10-15(16-4-3-9-26-16)21-19(17)27-22-11/h3-4,9-10,13H,5-8H2,1-2H3,(H,20,25). The molecule has 3 aromatic rings. The molecule has 1 N–H and O–H groups in total. The lowest BCUT2D eigenvalue weighted by Crippen LogP contribution is -2.46. The van der Waals surface area contributed by atoms with Gasteiger partial charge < -0.3 is 19.2 Å². The number of nitrogens with one attached hydrogen (secondary N) is 1. The van der Waals surface area contributed by atoms with Gasteiger partial charge in [0.05, 0.1) is 22.9 Å². The molecule has 27 heavy (non-hydrogen) atoms. The van der Waals surface area contributed by atoms with Gasteiger partial charge in [-0.15, -0.1) is 0 Å². The zero-order chi connectivity index (χ0) is 19.0. The lowest BCUT2D eigenvalue weighted by Gasteiger charge is -2.31. The van der Waals surface area contributed by atoms with Crippen LogP contribution in [0.3, 0.4) is 0 Å². The average molecular weight is 368 g/mol. The number of hydrogen-bond acceptors (Lipinski definition) is 6. The van der Waals surface area contributed by atoms with Crippen LogP contribution in [0.15, 0.2) is 33.4 Å². The Labute approximate surface area is 155 Å². The Kier molecular flexibility index (Phi) is 4.39. The molecule has 140 valence electrons. The van der Waals surface area contributed by atoms with Crippen molar-refractivity contribution in [2.45, 2.75) is 32.7 Å². The molecule has 3 aromatic heterocycles. The van der Waals surface area contributed by atoms with Crippen LogP contribution in [-0.4, -0.2) is 46.0 Å². The SMILES string of the molecule is CC(=O)N1CCC(NC(=O)c2cc(-c3ccco3)nc3onc(C)c23)CC1. The predicted octanol–water partition coefficient (Wildman–Crippen LogP) is 2.53. The Bertz CT molecular complexity index is 985. The van der Waals surface area contributed by atoms with Crippen LogP contribution in [0.2, 0.25) is 0 Å². The molecule has 0 spiro atoms. The van der Waals surface area contributed by atoms with E-state index in [-0.39, 0.29) is 17.9 Å². The van der Waals surface area contributed by atoms with Crippen molar-refractivity contribution in [3.05, 3.63) is 35.7 Å². The Balaban J connectivity index is 1.61. The van der Waals surface area contributed by atoms with E-state index < -0.39 is 0 Å². The fraction of sp³-hybridized carbons (Fsp3) is 0.368. The van der Waals surface area contributed by atoms with Crippen LogP contribution < -0.4 is 5.32 Å². The number of likely N-dealkylation sites (tertiary alicyclic amines) is 1.